The molecule has 0 unspecified atom stereocenters. The van der Waals surface area contributed by atoms with E-state index < -0.39 is 5.97 Å². The fraction of sp³-hybridized carbons (Fsp3) is 0.125. The molecule has 0 aliphatic heterocycles. The minimum absolute atomic E-state index is 0.0864. The summed E-state index contributed by atoms with van der Waals surface area (Å²) in [4.78, 5) is 10.3. The number of nitrogen functional groups attached to an aromatic ring is 2. The quantitative estimate of drug-likeness (QED) is 0.557. The van der Waals surface area contributed by atoms with Crippen LogP contribution in [-0.4, -0.2) is 11.1 Å². The van der Waals surface area contributed by atoms with Gasteiger partial charge in [-0.05, 0) is 23.8 Å². The first-order valence-corrected chi connectivity index (χ1v) is 3.45. The highest BCUT2D eigenvalue weighted by atomic mass is 16.4. The van der Waals surface area contributed by atoms with Crippen LogP contribution in [0.5, 0.6) is 0 Å². The maximum Gasteiger partial charge on any atom is 0.307 e. The molecule has 12 heavy (non-hydrogen) atoms. The van der Waals surface area contributed by atoms with E-state index in [0.717, 1.165) is 0 Å². The van der Waals surface area contributed by atoms with E-state index >= 15 is 0 Å². The molecule has 0 bridgehead atoms. The summed E-state index contributed by atoms with van der Waals surface area (Å²) >= 11 is 0. The number of carbonyl (C=O) groups is 1. The fourth-order valence-corrected chi connectivity index (χ4v) is 0.942. The number of carboxylic acids is 1. The Balaban J connectivity index is 2.97. The first kappa shape index (κ1) is 8.39. The average Bonchev–Trinajstić information content (AvgIpc) is 1.96. The van der Waals surface area contributed by atoms with Gasteiger partial charge >= 0.3 is 5.97 Å². The van der Waals surface area contributed by atoms with Gasteiger partial charge in [-0.2, -0.15) is 0 Å². The van der Waals surface area contributed by atoms with Crippen LogP contribution < -0.4 is 11.5 Å². The van der Waals surface area contributed by atoms with Crippen molar-refractivity contribution in [3.63, 3.8) is 0 Å². The topological polar surface area (TPSA) is 89.3 Å². The van der Waals surface area contributed by atoms with Crippen LogP contribution in [-0.2, 0) is 11.2 Å². The number of carboxylic acid groups (broad SMARTS) is 1. The molecule has 0 spiro atoms. The van der Waals surface area contributed by atoms with Crippen molar-refractivity contribution in [3.05, 3.63) is 23.8 Å². The Labute approximate surface area is 69.8 Å². The zero-order valence-corrected chi connectivity index (χ0v) is 6.45. The number of rotatable bonds is 2. The molecule has 1 aromatic rings. The van der Waals surface area contributed by atoms with Gasteiger partial charge in [-0.1, -0.05) is 0 Å². The summed E-state index contributed by atoms with van der Waals surface area (Å²) in [5.74, 6) is -0.910. The fourth-order valence-electron chi connectivity index (χ4n) is 0.942. The van der Waals surface area contributed by atoms with Crippen molar-refractivity contribution in [2.24, 2.45) is 0 Å². The Morgan fingerprint density at radius 1 is 1.42 bits per heavy atom. The Morgan fingerprint density at radius 2 is 2.08 bits per heavy atom. The van der Waals surface area contributed by atoms with Gasteiger partial charge in [0.05, 0.1) is 6.42 Å². The Morgan fingerprint density at radius 3 is 2.67 bits per heavy atom. The van der Waals surface area contributed by atoms with Crippen LogP contribution in [0.15, 0.2) is 18.2 Å². The number of nitrogens with two attached hydrogens (primary N) is 2. The van der Waals surface area contributed by atoms with Gasteiger partial charge < -0.3 is 16.6 Å². The number of hydrogen-bond acceptors (Lipinski definition) is 3. The number of benzene rings is 1. The van der Waals surface area contributed by atoms with Crippen LogP contribution in [0.3, 0.4) is 0 Å². The molecule has 0 saturated heterocycles. The SMILES string of the molecule is Nc1ccc(N)c(CC(=O)O)c1. The lowest BCUT2D eigenvalue weighted by molar-refractivity contribution is -0.136. The van der Waals surface area contributed by atoms with E-state index in [9.17, 15) is 4.79 Å². The molecule has 4 heteroatoms. The van der Waals surface area contributed by atoms with Crippen molar-refractivity contribution in [1.82, 2.24) is 0 Å². The van der Waals surface area contributed by atoms with Gasteiger partial charge in [-0.3, -0.25) is 4.79 Å². The Kier molecular flexibility index (Phi) is 2.19. The smallest absolute Gasteiger partial charge is 0.307 e. The molecule has 0 amide bonds. The zero-order valence-electron chi connectivity index (χ0n) is 6.45. The third-order valence-electron chi connectivity index (χ3n) is 1.51. The van der Waals surface area contributed by atoms with E-state index in [4.69, 9.17) is 16.6 Å². The maximum absolute atomic E-state index is 10.3. The molecular weight excluding hydrogens is 156 g/mol. The molecule has 0 saturated carbocycles. The summed E-state index contributed by atoms with van der Waals surface area (Å²) in [7, 11) is 0. The first-order chi connectivity index (χ1) is 5.59. The summed E-state index contributed by atoms with van der Waals surface area (Å²) < 4.78 is 0. The highest BCUT2D eigenvalue weighted by Crippen LogP contribution is 2.15. The summed E-state index contributed by atoms with van der Waals surface area (Å²) in [5.41, 5.74) is 12.5. The molecule has 0 fully saturated rings. The minimum atomic E-state index is -0.910. The van der Waals surface area contributed by atoms with Crippen LogP contribution in [0.2, 0.25) is 0 Å². The number of aliphatic carboxylic acids is 1. The van der Waals surface area contributed by atoms with E-state index in [1.165, 1.54) is 0 Å². The zero-order chi connectivity index (χ0) is 9.14. The Bertz CT molecular complexity index is 310. The van der Waals surface area contributed by atoms with E-state index in [0.29, 0.717) is 16.9 Å². The van der Waals surface area contributed by atoms with Crippen LogP contribution >= 0.6 is 0 Å². The molecule has 0 aliphatic carbocycles. The van der Waals surface area contributed by atoms with Gasteiger partial charge in [0.25, 0.3) is 0 Å². The molecule has 0 radical (unpaired) electrons. The minimum Gasteiger partial charge on any atom is -0.481 e. The van der Waals surface area contributed by atoms with Gasteiger partial charge in [0, 0.05) is 11.4 Å². The lowest BCUT2D eigenvalue weighted by Gasteiger charge is -2.02. The highest BCUT2D eigenvalue weighted by molar-refractivity contribution is 5.73. The van der Waals surface area contributed by atoms with E-state index in [1.54, 1.807) is 18.2 Å². The van der Waals surface area contributed by atoms with Crippen molar-refractivity contribution in [1.29, 1.82) is 0 Å². The average molecular weight is 166 g/mol. The second-order valence-electron chi connectivity index (χ2n) is 2.53. The monoisotopic (exact) mass is 166 g/mol. The van der Waals surface area contributed by atoms with Gasteiger partial charge in [-0.25, -0.2) is 0 Å². The summed E-state index contributed by atoms with van der Waals surface area (Å²) in [6.07, 6.45) is -0.0864. The molecule has 1 aromatic carbocycles. The first-order valence-electron chi connectivity index (χ1n) is 3.45. The van der Waals surface area contributed by atoms with Gasteiger partial charge in [0.2, 0.25) is 0 Å². The highest BCUT2D eigenvalue weighted by Gasteiger charge is 2.04. The van der Waals surface area contributed by atoms with Crippen LogP contribution in [0.1, 0.15) is 5.56 Å². The third kappa shape index (κ3) is 1.88. The summed E-state index contributed by atoms with van der Waals surface area (Å²) in [5, 5.41) is 8.49. The van der Waals surface area contributed by atoms with Crippen LogP contribution in [0.25, 0.3) is 0 Å². The van der Waals surface area contributed by atoms with Crippen molar-refractivity contribution in [3.8, 4) is 0 Å². The second kappa shape index (κ2) is 3.13. The van der Waals surface area contributed by atoms with Crippen molar-refractivity contribution in [2.75, 3.05) is 11.5 Å². The lowest BCUT2D eigenvalue weighted by atomic mass is 10.1. The molecule has 0 atom stereocenters. The van der Waals surface area contributed by atoms with Gasteiger partial charge in [-0.15, -0.1) is 0 Å². The maximum atomic E-state index is 10.3. The molecular formula is C8H10N2O2. The summed E-state index contributed by atoms with van der Waals surface area (Å²) in [6.45, 7) is 0. The molecule has 4 nitrogen and oxygen atoms in total. The molecule has 5 N–H and O–H groups in total. The standard InChI is InChI=1S/C8H10N2O2/c9-6-1-2-7(10)5(3-6)4-8(11)12/h1-3H,4,9-10H2,(H,11,12). The van der Waals surface area contributed by atoms with Gasteiger partial charge in [0.1, 0.15) is 0 Å². The van der Waals surface area contributed by atoms with E-state index in [1.807, 2.05) is 0 Å². The van der Waals surface area contributed by atoms with Gasteiger partial charge in [0.15, 0.2) is 0 Å². The normalized spacial score (nSPS) is 9.67. The van der Waals surface area contributed by atoms with E-state index in [-0.39, 0.29) is 6.42 Å². The molecule has 0 aromatic heterocycles. The predicted molar refractivity (Wildman–Crippen MR) is 46.6 cm³/mol. The number of anilines is 2. The summed E-state index contributed by atoms with van der Waals surface area (Å²) in [6, 6.07) is 4.82. The van der Waals surface area contributed by atoms with Crippen molar-refractivity contribution in [2.45, 2.75) is 6.42 Å². The van der Waals surface area contributed by atoms with E-state index in [2.05, 4.69) is 0 Å². The molecule has 64 valence electrons. The largest absolute Gasteiger partial charge is 0.481 e. The Hall–Kier alpha value is -1.71. The third-order valence-corrected chi connectivity index (χ3v) is 1.51. The molecule has 0 heterocycles. The van der Waals surface area contributed by atoms with Crippen molar-refractivity contribution >= 4 is 17.3 Å². The van der Waals surface area contributed by atoms with Crippen molar-refractivity contribution < 1.29 is 9.90 Å². The lowest BCUT2D eigenvalue weighted by Crippen LogP contribution is -2.04. The molecule has 0 aliphatic rings. The number of hydrogen-bond donors (Lipinski definition) is 3. The predicted octanol–water partition coefficient (Wildman–Crippen LogP) is 0.478. The van der Waals surface area contributed by atoms with Crippen LogP contribution in [0, 0.1) is 0 Å². The van der Waals surface area contributed by atoms with Crippen LogP contribution in [0.4, 0.5) is 11.4 Å². The second-order valence-corrected chi connectivity index (χ2v) is 2.53. The molecule has 1 rings (SSSR count).